The molecule has 0 saturated carbocycles. The Morgan fingerprint density at radius 1 is 0.588 bits per heavy atom. The molecule has 0 spiro atoms. The van der Waals surface area contributed by atoms with Crippen molar-refractivity contribution in [3.63, 3.8) is 0 Å². The Labute approximate surface area is 114 Å². The highest BCUT2D eigenvalue weighted by Crippen LogP contribution is 2.06. The summed E-state index contributed by atoms with van der Waals surface area (Å²) in [6.07, 6.45) is 0. The molecular weight excluding hydrogens is 248 g/mol. The number of hydrogen-bond acceptors (Lipinski definition) is 2. The molecule has 17 heavy (non-hydrogen) atoms. The first-order valence-electron chi connectivity index (χ1n) is 5.09. The van der Waals surface area contributed by atoms with Crippen molar-refractivity contribution in [1.29, 1.82) is 0 Å². The van der Waals surface area contributed by atoms with Crippen molar-refractivity contribution < 1.29 is 5.48 Å². The summed E-state index contributed by atoms with van der Waals surface area (Å²) in [7, 11) is 0. The van der Waals surface area contributed by atoms with E-state index in [-0.39, 0.29) is 5.48 Å². The standard InChI is InChI=1S/2C7H8S.H2O/c2*1-6-2-4-7(8)5-3-6;/h2*2-5,8H,1H3;1H2. The minimum atomic E-state index is 0. The summed E-state index contributed by atoms with van der Waals surface area (Å²) >= 11 is 8.26. The normalized spacial score (nSPS) is 8.71. The fourth-order valence-electron chi connectivity index (χ4n) is 1.09. The molecule has 0 aliphatic rings. The molecule has 2 rings (SSSR count). The first-order valence-corrected chi connectivity index (χ1v) is 5.98. The SMILES string of the molecule is Cc1ccc(S)cc1.Cc1ccc(S)cc1.O. The third-order valence-electron chi connectivity index (χ3n) is 2.07. The Morgan fingerprint density at radius 3 is 1.00 bits per heavy atom. The molecule has 0 saturated heterocycles. The van der Waals surface area contributed by atoms with E-state index in [0.717, 1.165) is 9.79 Å². The molecular formula is C14H18OS2. The Kier molecular flexibility index (Phi) is 7.79. The number of rotatable bonds is 0. The largest absolute Gasteiger partial charge is 0.412 e. The second kappa shape index (κ2) is 8.23. The van der Waals surface area contributed by atoms with E-state index in [2.05, 4.69) is 39.1 Å². The smallest absolute Gasteiger partial charge is 0.00401 e. The Hall–Kier alpha value is -0.900. The van der Waals surface area contributed by atoms with E-state index >= 15 is 0 Å². The van der Waals surface area contributed by atoms with Gasteiger partial charge in [-0.15, -0.1) is 25.3 Å². The first-order chi connectivity index (χ1) is 7.58. The van der Waals surface area contributed by atoms with Crippen LogP contribution in [-0.2, 0) is 0 Å². The van der Waals surface area contributed by atoms with Crippen LogP contribution in [0.3, 0.4) is 0 Å². The highest BCUT2D eigenvalue weighted by molar-refractivity contribution is 7.80. The van der Waals surface area contributed by atoms with Crippen molar-refractivity contribution in [2.45, 2.75) is 23.6 Å². The lowest BCUT2D eigenvalue weighted by molar-refractivity contribution is 0.824. The monoisotopic (exact) mass is 266 g/mol. The number of benzene rings is 2. The van der Waals surface area contributed by atoms with Gasteiger partial charge in [0.25, 0.3) is 0 Å². The maximum Gasteiger partial charge on any atom is 0.00401 e. The third-order valence-corrected chi connectivity index (χ3v) is 2.66. The molecule has 0 aliphatic heterocycles. The Bertz CT molecular complexity index is 335. The van der Waals surface area contributed by atoms with Gasteiger partial charge in [0.15, 0.2) is 0 Å². The van der Waals surface area contributed by atoms with Crippen LogP contribution < -0.4 is 0 Å². The van der Waals surface area contributed by atoms with Crippen LogP contribution in [0.4, 0.5) is 0 Å². The highest BCUT2D eigenvalue weighted by atomic mass is 32.1. The minimum absolute atomic E-state index is 0. The number of aryl methyl sites for hydroxylation is 2. The van der Waals surface area contributed by atoms with Crippen LogP contribution in [0.5, 0.6) is 0 Å². The molecule has 92 valence electrons. The third kappa shape index (κ3) is 7.10. The quantitative estimate of drug-likeness (QED) is 0.681. The van der Waals surface area contributed by atoms with Crippen molar-refractivity contribution >= 4 is 25.3 Å². The van der Waals surface area contributed by atoms with Gasteiger partial charge in [-0.05, 0) is 38.1 Å². The van der Waals surface area contributed by atoms with Crippen molar-refractivity contribution in [3.8, 4) is 0 Å². The average Bonchev–Trinajstić information content (AvgIpc) is 2.28. The molecule has 2 aromatic rings. The van der Waals surface area contributed by atoms with E-state index in [4.69, 9.17) is 0 Å². The second-order valence-electron chi connectivity index (χ2n) is 3.67. The molecule has 0 unspecified atom stereocenters. The maximum atomic E-state index is 4.13. The zero-order valence-electron chi connectivity index (χ0n) is 10.0. The van der Waals surface area contributed by atoms with Gasteiger partial charge >= 0.3 is 0 Å². The van der Waals surface area contributed by atoms with Gasteiger partial charge in [-0.2, -0.15) is 0 Å². The zero-order chi connectivity index (χ0) is 12.0. The van der Waals surface area contributed by atoms with Crippen molar-refractivity contribution in [2.24, 2.45) is 0 Å². The second-order valence-corrected chi connectivity index (χ2v) is 4.70. The van der Waals surface area contributed by atoms with Gasteiger partial charge in [0.05, 0.1) is 0 Å². The molecule has 0 atom stereocenters. The van der Waals surface area contributed by atoms with Crippen LogP contribution >= 0.6 is 25.3 Å². The Balaban J connectivity index is 0.000000284. The lowest BCUT2D eigenvalue weighted by atomic mass is 10.2. The van der Waals surface area contributed by atoms with Crippen LogP contribution in [-0.4, -0.2) is 5.48 Å². The molecule has 0 fully saturated rings. The van der Waals surface area contributed by atoms with Gasteiger partial charge in [0, 0.05) is 9.79 Å². The summed E-state index contributed by atoms with van der Waals surface area (Å²) in [5.74, 6) is 0. The number of hydrogen-bond donors (Lipinski definition) is 2. The van der Waals surface area contributed by atoms with Gasteiger partial charge in [-0.1, -0.05) is 35.4 Å². The van der Waals surface area contributed by atoms with E-state index in [9.17, 15) is 0 Å². The lowest BCUT2D eigenvalue weighted by Crippen LogP contribution is -1.67. The summed E-state index contributed by atoms with van der Waals surface area (Å²) in [6.45, 7) is 4.13. The van der Waals surface area contributed by atoms with Crippen LogP contribution in [0.25, 0.3) is 0 Å². The molecule has 3 heteroatoms. The summed E-state index contributed by atoms with van der Waals surface area (Å²) < 4.78 is 0. The molecule has 2 aromatic carbocycles. The van der Waals surface area contributed by atoms with Crippen LogP contribution in [0, 0.1) is 13.8 Å². The predicted molar refractivity (Wildman–Crippen MR) is 80.5 cm³/mol. The predicted octanol–water partition coefficient (Wildman–Crippen LogP) is 3.74. The molecule has 0 bridgehead atoms. The van der Waals surface area contributed by atoms with Gasteiger partial charge in [0.2, 0.25) is 0 Å². The van der Waals surface area contributed by atoms with E-state index in [1.165, 1.54) is 11.1 Å². The maximum absolute atomic E-state index is 4.13. The fourth-order valence-corrected chi connectivity index (χ4v) is 1.39. The zero-order valence-corrected chi connectivity index (χ0v) is 11.8. The highest BCUT2D eigenvalue weighted by Gasteiger charge is 1.81. The molecule has 0 aromatic heterocycles. The van der Waals surface area contributed by atoms with E-state index in [1.54, 1.807) is 0 Å². The van der Waals surface area contributed by atoms with Gasteiger partial charge in [0.1, 0.15) is 0 Å². The molecule has 0 amide bonds. The van der Waals surface area contributed by atoms with Crippen LogP contribution in [0.1, 0.15) is 11.1 Å². The number of thiol groups is 2. The Morgan fingerprint density at radius 2 is 0.824 bits per heavy atom. The molecule has 2 N–H and O–H groups in total. The van der Waals surface area contributed by atoms with Gasteiger partial charge < -0.3 is 5.48 Å². The van der Waals surface area contributed by atoms with Crippen LogP contribution in [0.15, 0.2) is 58.3 Å². The minimum Gasteiger partial charge on any atom is -0.412 e. The molecule has 0 radical (unpaired) electrons. The summed E-state index contributed by atoms with van der Waals surface area (Å²) in [4.78, 5) is 2.05. The van der Waals surface area contributed by atoms with E-state index in [0.29, 0.717) is 0 Å². The lowest BCUT2D eigenvalue weighted by Gasteiger charge is -1.89. The van der Waals surface area contributed by atoms with Gasteiger partial charge in [-0.25, -0.2) is 0 Å². The van der Waals surface area contributed by atoms with Crippen molar-refractivity contribution in [3.05, 3.63) is 59.7 Å². The molecule has 0 aliphatic carbocycles. The van der Waals surface area contributed by atoms with Gasteiger partial charge in [-0.3, -0.25) is 0 Å². The van der Waals surface area contributed by atoms with Crippen LogP contribution in [0.2, 0.25) is 0 Å². The first kappa shape index (κ1) is 16.1. The van der Waals surface area contributed by atoms with Crippen molar-refractivity contribution in [2.75, 3.05) is 0 Å². The topological polar surface area (TPSA) is 31.5 Å². The fraction of sp³-hybridized carbons (Fsp3) is 0.143. The summed E-state index contributed by atoms with van der Waals surface area (Å²) in [6, 6.07) is 16.1. The molecule has 1 nitrogen and oxygen atoms in total. The summed E-state index contributed by atoms with van der Waals surface area (Å²) in [5.41, 5.74) is 2.56. The summed E-state index contributed by atoms with van der Waals surface area (Å²) in [5, 5.41) is 0. The van der Waals surface area contributed by atoms with E-state index in [1.807, 2.05) is 48.5 Å². The molecule has 0 heterocycles. The van der Waals surface area contributed by atoms with Crippen molar-refractivity contribution in [1.82, 2.24) is 0 Å². The average molecular weight is 266 g/mol. The van der Waals surface area contributed by atoms with E-state index < -0.39 is 0 Å².